The van der Waals surface area contributed by atoms with E-state index in [-0.39, 0.29) is 18.4 Å². The lowest BCUT2D eigenvalue weighted by molar-refractivity contribution is -0.151. The van der Waals surface area contributed by atoms with Gasteiger partial charge in [-0.2, -0.15) is 4.79 Å². The van der Waals surface area contributed by atoms with E-state index in [2.05, 4.69) is 10.1 Å². The van der Waals surface area contributed by atoms with Crippen molar-refractivity contribution in [2.45, 2.75) is 44.1 Å². The first-order valence-corrected chi connectivity index (χ1v) is 10.5. The minimum absolute atomic E-state index is 0.145. The molecule has 1 aromatic rings. The number of sulfone groups is 1. The minimum atomic E-state index is -3.84. The average molecular weight is 409 g/mol. The molecule has 9 nitrogen and oxygen atoms in total. The fourth-order valence-corrected chi connectivity index (χ4v) is 3.56. The number of nitrogens with one attached hydrogen (secondary N) is 1. The molecule has 28 heavy (non-hydrogen) atoms. The Kier molecular flexibility index (Phi) is 8.69. The van der Waals surface area contributed by atoms with Crippen molar-refractivity contribution >= 4 is 33.7 Å². The Hall–Kier alpha value is -2.84. The second-order valence-electron chi connectivity index (χ2n) is 6.42. The van der Waals surface area contributed by atoms with Gasteiger partial charge in [-0.25, -0.2) is 13.2 Å². The molecule has 1 aromatic carbocycles. The number of rotatable bonds is 10. The maximum atomic E-state index is 12.7. The molecule has 0 bridgehead atoms. The van der Waals surface area contributed by atoms with Crippen LogP contribution in [0, 0.1) is 0 Å². The second-order valence-corrected chi connectivity index (χ2v) is 8.55. The Balaban J connectivity index is 3.09. The van der Waals surface area contributed by atoms with E-state index in [4.69, 9.17) is 10.3 Å². The lowest BCUT2D eigenvalue weighted by atomic mass is 10.1. The normalized spacial score (nSPS) is 13.1. The summed E-state index contributed by atoms with van der Waals surface area (Å²) in [4.78, 5) is 39.1. The molecule has 0 aliphatic heterocycles. The standard InChI is InChI=1S/C18H23N3O6S/c1-12(2)27-18(24)15(10-9-14(22)11-20-19)21-17(23)16(28(3,25)26)13-7-5-4-6-8-13/h4-8,11-12,15-16H,9-10H2,1-3H3,(H,21,23)/t15-,16-/m0/s1. The maximum absolute atomic E-state index is 12.7. The zero-order chi connectivity index (χ0) is 21.3. The summed E-state index contributed by atoms with van der Waals surface area (Å²) in [5, 5.41) is 0.857. The molecule has 0 aliphatic rings. The Bertz CT molecular complexity index is 861. The molecule has 0 unspecified atom stereocenters. The van der Waals surface area contributed by atoms with Crippen LogP contribution in [0.1, 0.15) is 37.5 Å². The van der Waals surface area contributed by atoms with Gasteiger partial charge in [0, 0.05) is 12.7 Å². The molecule has 0 saturated carbocycles. The predicted molar refractivity (Wildman–Crippen MR) is 101 cm³/mol. The van der Waals surface area contributed by atoms with E-state index in [0.717, 1.165) is 6.26 Å². The highest BCUT2D eigenvalue weighted by Crippen LogP contribution is 2.22. The van der Waals surface area contributed by atoms with Gasteiger partial charge in [-0.15, -0.1) is 0 Å². The van der Waals surface area contributed by atoms with Crippen LogP contribution in [0.3, 0.4) is 0 Å². The van der Waals surface area contributed by atoms with E-state index in [1.54, 1.807) is 32.0 Å². The van der Waals surface area contributed by atoms with Crippen LogP contribution in [-0.2, 0) is 29.0 Å². The van der Waals surface area contributed by atoms with E-state index in [9.17, 15) is 22.8 Å². The van der Waals surface area contributed by atoms with E-state index in [1.807, 2.05) is 0 Å². The van der Waals surface area contributed by atoms with Gasteiger partial charge >= 0.3 is 12.2 Å². The fourth-order valence-electron chi connectivity index (χ4n) is 2.45. The number of ether oxygens (including phenoxy) is 1. The van der Waals surface area contributed by atoms with Crippen molar-refractivity contribution in [3.63, 3.8) is 0 Å². The summed E-state index contributed by atoms with van der Waals surface area (Å²) in [6.45, 7) is 3.23. The largest absolute Gasteiger partial charge is 0.461 e. The maximum Gasteiger partial charge on any atom is 0.328 e. The smallest absolute Gasteiger partial charge is 0.328 e. The number of ketones is 1. The van der Waals surface area contributed by atoms with Crippen molar-refractivity contribution in [2.24, 2.45) is 0 Å². The summed E-state index contributed by atoms with van der Waals surface area (Å²) in [5.41, 5.74) is 8.64. The molecule has 0 radical (unpaired) electrons. The SMILES string of the molecule is CC(C)OC(=O)[C@H](CCC(=O)C=[N+]=[N-])NC(=O)[C@H](c1ccccc1)S(C)(=O)=O. The van der Waals surface area contributed by atoms with Crippen LogP contribution in [-0.4, -0.2) is 55.5 Å². The molecule has 1 amide bonds. The van der Waals surface area contributed by atoms with Crippen molar-refractivity contribution in [1.29, 1.82) is 0 Å². The summed E-state index contributed by atoms with van der Waals surface area (Å²) in [6, 6.07) is 6.62. The van der Waals surface area contributed by atoms with Crippen LogP contribution in [0.5, 0.6) is 0 Å². The van der Waals surface area contributed by atoms with Crippen molar-refractivity contribution < 1.29 is 32.3 Å². The van der Waals surface area contributed by atoms with E-state index < -0.39 is 44.9 Å². The van der Waals surface area contributed by atoms with Gasteiger partial charge in [-0.05, 0) is 25.8 Å². The molecule has 0 aromatic heterocycles. The van der Waals surface area contributed by atoms with Crippen molar-refractivity contribution in [2.75, 3.05) is 6.26 Å². The van der Waals surface area contributed by atoms with Crippen LogP contribution in [0.4, 0.5) is 0 Å². The van der Waals surface area contributed by atoms with Crippen LogP contribution < -0.4 is 5.32 Å². The Morgan fingerprint density at radius 2 is 1.82 bits per heavy atom. The summed E-state index contributed by atoms with van der Waals surface area (Å²) < 4.78 is 29.4. The van der Waals surface area contributed by atoms with Gasteiger partial charge in [0.1, 0.15) is 6.04 Å². The molecular weight excluding hydrogens is 386 g/mol. The molecule has 0 fully saturated rings. The number of benzene rings is 1. The van der Waals surface area contributed by atoms with Gasteiger partial charge < -0.3 is 15.6 Å². The molecule has 152 valence electrons. The van der Waals surface area contributed by atoms with Crippen molar-refractivity contribution in [1.82, 2.24) is 5.32 Å². The molecule has 0 aliphatic carbocycles. The predicted octanol–water partition coefficient (Wildman–Crippen LogP) is 0.859. The molecule has 0 spiro atoms. The van der Waals surface area contributed by atoms with E-state index in [0.29, 0.717) is 6.21 Å². The molecule has 0 heterocycles. The number of hydrogen-bond donors (Lipinski definition) is 1. The highest BCUT2D eigenvalue weighted by atomic mass is 32.2. The third-order valence-corrected chi connectivity index (χ3v) is 4.95. The average Bonchev–Trinajstić information content (AvgIpc) is 2.58. The van der Waals surface area contributed by atoms with Crippen molar-refractivity contribution in [3.05, 3.63) is 41.4 Å². The number of carbonyl (C=O) groups is 3. The second kappa shape index (κ2) is 10.5. The number of carbonyl (C=O) groups excluding carboxylic acids is 3. The van der Waals surface area contributed by atoms with Gasteiger partial charge in [-0.3, -0.25) is 9.59 Å². The summed E-state index contributed by atoms with van der Waals surface area (Å²) in [7, 11) is -3.84. The first kappa shape index (κ1) is 23.2. The molecule has 0 saturated heterocycles. The molecular formula is C18H23N3O6S. The van der Waals surface area contributed by atoms with E-state index >= 15 is 0 Å². The Labute approximate surface area is 163 Å². The zero-order valence-electron chi connectivity index (χ0n) is 15.9. The topological polar surface area (TPSA) is 143 Å². The van der Waals surface area contributed by atoms with Crippen LogP contribution in [0.2, 0.25) is 0 Å². The van der Waals surface area contributed by atoms with Crippen molar-refractivity contribution in [3.8, 4) is 0 Å². The van der Waals surface area contributed by atoms with Crippen LogP contribution in [0.25, 0.3) is 5.53 Å². The molecule has 2 atom stereocenters. The van der Waals surface area contributed by atoms with Gasteiger partial charge in [0.2, 0.25) is 11.7 Å². The lowest BCUT2D eigenvalue weighted by Gasteiger charge is -2.22. The summed E-state index contributed by atoms with van der Waals surface area (Å²) in [6.07, 6.45) is 0.773. The lowest BCUT2D eigenvalue weighted by Crippen LogP contribution is -2.46. The van der Waals surface area contributed by atoms with Gasteiger partial charge in [0.25, 0.3) is 0 Å². The van der Waals surface area contributed by atoms with Gasteiger partial charge in [0.05, 0.1) is 6.10 Å². The van der Waals surface area contributed by atoms with Gasteiger partial charge in [0.15, 0.2) is 15.1 Å². The molecule has 1 rings (SSSR count). The number of Topliss-reactive ketones (excluding diaryl/α,β-unsaturated/α-hetero) is 1. The highest BCUT2D eigenvalue weighted by molar-refractivity contribution is 7.91. The monoisotopic (exact) mass is 409 g/mol. The van der Waals surface area contributed by atoms with Crippen LogP contribution >= 0.6 is 0 Å². The number of nitrogens with zero attached hydrogens (tertiary/aromatic N) is 2. The Morgan fingerprint density at radius 3 is 2.32 bits per heavy atom. The number of hydrogen-bond acceptors (Lipinski definition) is 6. The quantitative estimate of drug-likeness (QED) is 0.263. The number of amides is 1. The highest BCUT2D eigenvalue weighted by Gasteiger charge is 2.34. The van der Waals surface area contributed by atoms with E-state index in [1.165, 1.54) is 12.1 Å². The molecule has 10 heteroatoms. The summed E-state index contributed by atoms with van der Waals surface area (Å²) in [5.74, 6) is -2.26. The zero-order valence-corrected chi connectivity index (χ0v) is 16.7. The third kappa shape index (κ3) is 7.42. The first-order valence-electron chi connectivity index (χ1n) is 8.51. The molecule has 1 N–H and O–H groups in total. The fraction of sp³-hybridized carbons (Fsp3) is 0.444. The van der Waals surface area contributed by atoms with Crippen LogP contribution in [0.15, 0.2) is 30.3 Å². The number of esters is 1. The first-order chi connectivity index (χ1) is 13.1. The Morgan fingerprint density at radius 1 is 1.21 bits per heavy atom. The van der Waals surface area contributed by atoms with Gasteiger partial charge in [-0.1, -0.05) is 30.3 Å². The minimum Gasteiger partial charge on any atom is -0.461 e. The summed E-state index contributed by atoms with van der Waals surface area (Å²) >= 11 is 0. The third-order valence-electron chi connectivity index (χ3n) is 3.60.